The van der Waals surface area contributed by atoms with E-state index in [1.807, 2.05) is 12.1 Å². The molecule has 3 nitrogen and oxygen atoms in total. The Morgan fingerprint density at radius 3 is 2.73 bits per heavy atom. The average Bonchev–Trinajstić information content (AvgIpc) is 2.86. The Morgan fingerprint density at radius 2 is 1.90 bits per heavy atom. The van der Waals surface area contributed by atoms with E-state index >= 15 is 0 Å². The van der Waals surface area contributed by atoms with Crippen LogP contribution in [0.25, 0.3) is 0 Å². The van der Waals surface area contributed by atoms with E-state index in [9.17, 15) is 9.90 Å². The summed E-state index contributed by atoms with van der Waals surface area (Å²) in [6.07, 6.45) is 10.7. The molecule has 1 heterocycles. The predicted molar refractivity (Wildman–Crippen MR) is 118 cm³/mol. The van der Waals surface area contributed by atoms with Gasteiger partial charge in [0.2, 0.25) is 5.91 Å². The van der Waals surface area contributed by atoms with Crippen LogP contribution in [-0.4, -0.2) is 28.5 Å². The fourth-order valence-electron chi connectivity index (χ4n) is 8.89. The number of carbonyl (C=O) groups excluding carboxylic acids is 1. The van der Waals surface area contributed by atoms with Gasteiger partial charge in [0, 0.05) is 18.0 Å². The largest absolute Gasteiger partial charge is 0.508 e. The van der Waals surface area contributed by atoms with Crippen molar-refractivity contribution in [1.82, 2.24) is 4.90 Å². The number of piperidine rings is 1. The highest BCUT2D eigenvalue weighted by molar-refractivity contribution is 5.84. The molecule has 3 heteroatoms. The van der Waals surface area contributed by atoms with Crippen LogP contribution in [0.1, 0.15) is 83.3 Å². The number of fused-ring (bicyclic) bond motifs is 6. The summed E-state index contributed by atoms with van der Waals surface area (Å²) in [5.41, 5.74) is 2.31. The van der Waals surface area contributed by atoms with Gasteiger partial charge < -0.3 is 10.0 Å². The summed E-state index contributed by atoms with van der Waals surface area (Å²) in [5.74, 6) is 3.26. The van der Waals surface area contributed by atoms with Gasteiger partial charge in [-0.05, 0) is 78.9 Å². The highest BCUT2D eigenvalue weighted by atomic mass is 16.3. The first-order chi connectivity index (χ1) is 14.3. The van der Waals surface area contributed by atoms with Crippen LogP contribution in [0.15, 0.2) is 18.2 Å². The van der Waals surface area contributed by atoms with Crippen molar-refractivity contribution in [1.29, 1.82) is 0 Å². The van der Waals surface area contributed by atoms with Crippen molar-refractivity contribution in [2.24, 2.45) is 28.6 Å². The van der Waals surface area contributed by atoms with E-state index in [0.717, 1.165) is 62.0 Å². The summed E-state index contributed by atoms with van der Waals surface area (Å²) in [6, 6.07) is 6.21. The molecule has 5 aliphatic rings. The number of hydrogen-bond acceptors (Lipinski definition) is 2. The lowest BCUT2D eigenvalue weighted by Gasteiger charge is -2.61. The standard InChI is InChI=1S/C27H37NO2/c1-25(2)23-13-20-21(8-5-9-22(20)29)26(25,3)10-11-28(23)24(30)27-14-17-6-4-7-18(15-27)19(12-17)16-27/h5,8-9,17-19,23,29H,4,6-7,10-16H2,1-3H3/t17?,18?,19?,23-,26+,27?/m1/s1. The molecule has 30 heavy (non-hydrogen) atoms. The van der Waals surface area contributed by atoms with E-state index < -0.39 is 0 Å². The quantitative estimate of drug-likeness (QED) is 0.673. The van der Waals surface area contributed by atoms with Crippen LogP contribution in [0, 0.1) is 28.6 Å². The number of nitrogens with zero attached hydrogens (tertiary/aromatic N) is 1. The fraction of sp³-hybridized carbons (Fsp3) is 0.741. The van der Waals surface area contributed by atoms with Crippen LogP contribution in [0.3, 0.4) is 0 Å². The summed E-state index contributed by atoms with van der Waals surface area (Å²) < 4.78 is 0. The van der Waals surface area contributed by atoms with Gasteiger partial charge in [-0.3, -0.25) is 4.79 Å². The Hall–Kier alpha value is -1.51. The highest BCUT2D eigenvalue weighted by Crippen LogP contribution is 2.63. The molecule has 162 valence electrons. The predicted octanol–water partition coefficient (Wildman–Crippen LogP) is 5.44. The topological polar surface area (TPSA) is 40.5 Å². The minimum absolute atomic E-state index is 0.000277. The number of hydrogen-bond donors (Lipinski definition) is 1. The lowest BCUT2D eigenvalue weighted by molar-refractivity contribution is -0.157. The lowest BCUT2D eigenvalue weighted by Crippen LogP contribution is -2.66. The SMILES string of the molecule is CC1(C)[C@H]2Cc3c(O)cccc3[C@]1(C)CCN2C(=O)C12CC3CCCC(C1)C(C3)C2. The van der Waals surface area contributed by atoms with Crippen LogP contribution in [-0.2, 0) is 16.6 Å². The molecule has 0 spiro atoms. The third kappa shape index (κ3) is 2.30. The number of phenolic OH excluding ortho intramolecular Hbond substituents is 1. The van der Waals surface area contributed by atoms with Gasteiger partial charge in [-0.25, -0.2) is 0 Å². The molecular formula is C27H37NO2. The summed E-state index contributed by atoms with van der Waals surface area (Å²) in [6.45, 7) is 7.98. The Kier molecular flexibility index (Phi) is 3.87. The molecule has 6 rings (SSSR count). The van der Waals surface area contributed by atoms with Gasteiger partial charge in [0.05, 0.1) is 5.41 Å². The molecule has 1 aromatic carbocycles. The normalized spacial score (nSPS) is 43.2. The molecule has 1 aromatic rings. The molecule has 4 unspecified atom stereocenters. The van der Waals surface area contributed by atoms with E-state index in [1.165, 1.54) is 31.2 Å². The van der Waals surface area contributed by atoms with Gasteiger partial charge in [0.1, 0.15) is 5.75 Å². The molecule has 6 atom stereocenters. The second-order valence-electron chi connectivity index (χ2n) is 12.3. The summed E-state index contributed by atoms with van der Waals surface area (Å²) in [5, 5.41) is 10.7. The Labute approximate surface area is 181 Å². The van der Waals surface area contributed by atoms with E-state index in [4.69, 9.17) is 0 Å². The third-order valence-electron chi connectivity index (χ3n) is 10.8. The number of amides is 1. The van der Waals surface area contributed by atoms with Gasteiger partial charge in [-0.15, -0.1) is 0 Å². The molecule has 4 aliphatic carbocycles. The van der Waals surface area contributed by atoms with Crippen LogP contribution >= 0.6 is 0 Å². The average molecular weight is 408 g/mol. The number of benzene rings is 1. The second kappa shape index (κ2) is 6.04. The molecule has 5 bridgehead atoms. The minimum atomic E-state index is -0.0818. The van der Waals surface area contributed by atoms with Crippen molar-refractivity contribution < 1.29 is 9.90 Å². The molecule has 1 aliphatic heterocycles. The Bertz CT molecular complexity index is 902. The van der Waals surface area contributed by atoms with Crippen LogP contribution in [0.4, 0.5) is 0 Å². The summed E-state index contributed by atoms with van der Waals surface area (Å²) >= 11 is 0. The molecule has 1 saturated heterocycles. The third-order valence-corrected chi connectivity index (χ3v) is 10.8. The summed E-state index contributed by atoms with van der Waals surface area (Å²) in [7, 11) is 0. The number of rotatable bonds is 1. The lowest BCUT2D eigenvalue weighted by atomic mass is 9.50. The van der Waals surface area contributed by atoms with Crippen molar-refractivity contribution in [3.8, 4) is 5.75 Å². The molecule has 4 fully saturated rings. The zero-order valence-electron chi connectivity index (χ0n) is 18.9. The van der Waals surface area contributed by atoms with Crippen LogP contribution in [0.5, 0.6) is 5.75 Å². The first kappa shape index (κ1) is 19.2. The first-order valence-electron chi connectivity index (χ1n) is 12.4. The van der Waals surface area contributed by atoms with Crippen molar-refractivity contribution in [3.05, 3.63) is 29.3 Å². The van der Waals surface area contributed by atoms with Crippen molar-refractivity contribution in [3.63, 3.8) is 0 Å². The molecule has 1 N–H and O–H groups in total. The van der Waals surface area contributed by atoms with E-state index in [1.54, 1.807) is 0 Å². The van der Waals surface area contributed by atoms with Gasteiger partial charge >= 0.3 is 0 Å². The zero-order valence-corrected chi connectivity index (χ0v) is 18.9. The van der Waals surface area contributed by atoms with Crippen LogP contribution in [0.2, 0.25) is 0 Å². The molecule has 0 aromatic heterocycles. The van der Waals surface area contributed by atoms with E-state index in [2.05, 4.69) is 31.7 Å². The first-order valence-corrected chi connectivity index (χ1v) is 12.4. The number of aromatic hydroxyl groups is 1. The number of likely N-dealkylation sites (tertiary alicyclic amines) is 1. The fourth-order valence-corrected chi connectivity index (χ4v) is 8.89. The Morgan fingerprint density at radius 1 is 1.10 bits per heavy atom. The molecule has 0 radical (unpaired) electrons. The summed E-state index contributed by atoms with van der Waals surface area (Å²) in [4.78, 5) is 16.6. The maximum atomic E-state index is 14.3. The van der Waals surface area contributed by atoms with Gasteiger partial charge in [0.25, 0.3) is 0 Å². The van der Waals surface area contributed by atoms with Crippen molar-refractivity contribution >= 4 is 5.91 Å². The van der Waals surface area contributed by atoms with Crippen molar-refractivity contribution in [2.75, 3.05) is 6.54 Å². The maximum Gasteiger partial charge on any atom is 0.229 e. The second-order valence-corrected chi connectivity index (χ2v) is 12.3. The van der Waals surface area contributed by atoms with Crippen LogP contribution < -0.4 is 0 Å². The molecular weight excluding hydrogens is 370 g/mol. The molecule has 3 saturated carbocycles. The van der Waals surface area contributed by atoms with Gasteiger partial charge in [0.15, 0.2) is 0 Å². The smallest absolute Gasteiger partial charge is 0.229 e. The molecule has 1 amide bonds. The zero-order chi connectivity index (χ0) is 20.9. The van der Waals surface area contributed by atoms with Crippen molar-refractivity contribution in [2.45, 2.75) is 90.0 Å². The minimum Gasteiger partial charge on any atom is -0.508 e. The monoisotopic (exact) mass is 407 g/mol. The number of carbonyl (C=O) groups is 1. The highest BCUT2D eigenvalue weighted by Gasteiger charge is 2.61. The van der Waals surface area contributed by atoms with E-state index in [0.29, 0.717) is 11.7 Å². The Balaban J connectivity index is 1.39. The maximum absolute atomic E-state index is 14.3. The van der Waals surface area contributed by atoms with Gasteiger partial charge in [-0.2, -0.15) is 0 Å². The number of phenols is 1. The van der Waals surface area contributed by atoms with E-state index in [-0.39, 0.29) is 22.3 Å². The van der Waals surface area contributed by atoms with Gasteiger partial charge in [-0.1, -0.05) is 52.2 Å².